The minimum absolute atomic E-state index is 0.0373. The summed E-state index contributed by atoms with van der Waals surface area (Å²) in [6.07, 6.45) is 2.42. The van der Waals surface area contributed by atoms with E-state index >= 15 is 0 Å². The molecule has 3 aromatic rings. The Kier molecular flexibility index (Phi) is 5.55. The van der Waals surface area contributed by atoms with E-state index in [1.807, 2.05) is 17.0 Å². The van der Waals surface area contributed by atoms with Gasteiger partial charge < -0.3 is 14.2 Å². The first kappa shape index (κ1) is 19.1. The zero-order valence-corrected chi connectivity index (χ0v) is 16.2. The van der Waals surface area contributed by atoms with Crippen LogP contribution in [0.2, 0.25) is 0 Å². The summed E-state index contributed by atoms with van der Waals surface area (Å²) < 4.78 is 24.6. The number of para-hydroxylation sites is 1. The van der Waals surface area contributed by atoms with Gasteiger partial charge in [0.05, 0.1) is 18.2 Å². The van der Waals surface area contributed by atoms with Crippen molar-refractivity contribution in [1.29, 1.82) is 0 Å². The normalized spacial score (nSPS) is 16.6. The standard InChI is InChI=1S/C22H22FN3O3/c1-28-19-11-5-3-9-17(19)22(27)26-12-6-7-15(14-26)13-20-24-21(25-29-20)16-8-2-4-10-18(16)23/h2-5,8-11,15H,6-7,12-14H2,1H3/t15-/m1/s1. The van der Waals surface area contributed by atoms with E-state index in [9.17, 15) is 9.18 Å². The van der Waals surface area contributed by atoms with Gasteiger partial charge in [-0.25, -0.2) is 4.39 Å². The molecule has 1 aliphatic rings. The van der Waals surface area contributed by atoms with Crippen LogP contribution in [-0.2, 0) is 6.42 Å². The van der Waals surface area contributed by atoms with Crippen LogP contribution in [0.25, 0.3) is 11.4 Å². The van der Waals surface area contributed by atoms with E-state index < -0.39 is 0 Å². The average Bonchev–Trinajstić information content (AvgIpc) is 3.22. The number of carbonyl (C=O) groups excluding carboxylic acids is 1. The van der Waals surface area contributed by atoms with Crippen LogP contribution in [0.15, 0.2) is 53.1 Å². The number of methoxy groups -OCH3 is 1. The summed E-state index contributed by atoms with van der Waals surface area (Å²) in [5.74, 6) is 1.06. The van der Waals surface area contributed by atoms with Crippen LogP contribution >= 0.6 is 0 Å². The van der Waals surface area contributed by atoms with Gasteiger partial charge in [-0.3, -0.25) is 4.79 Å². The fraction of sp³-hybridized carbons (Fsp3) is 0.318. The van der Waals surface area contributed by atoms with Crippen molar-refractivity contribution in [2.75, 3.05) is 20.2 Å². The van der Waals surface area contributed by atoms with Crippen LogP contribution in [0.5, 0.6) is 5.75 Å². The second-order valence-electron chi connectivity index (χ2n) is 7.16. The number of nitrogens with zero attached hydrogens (tertiary/aromatic N) is 3. The summed E-state index contributed by atoms with van der Waals surface area (Å²) >= 11 is 0. The number of carbonyl (C=O) groups is 1. The van der Waals surface area contributed by atoms with Crippen molar-refractivity contribution in [2.24, 2.45) is 5.92 Å². The predicted octanol–water partition coefficient (Wildman–Crippen LogP) is 3.98. The maximum Gasteiger partial charge on any atom is 0.257 e. The van der Waals surface area contributed by atoms with Gasteiger partial charge in [0.2, 0.25) is 11.7 Å². The number of likely N-dealkylation sites (tertiary alicyclic amines) is 1. The molecule has 6 nitrogen and oxygen atoms in total. The lowest BCUT2D eigenvalue weighted by Gasteiger charge is -2.32. The molecule has 0 saturated carbocycles. The molecule has 1 saturated heterocycles. The summed E-state index contributed by atoms with van der Waals surface area (Å²) in [4.78, 5) is 19.2. The van der Waals surface area contributed by atoms with E-state index in [1.54, 1.807) is 37.4 Å². The van der Waals surface area contributed by atoms with Crippen LogP contribution in [0, 0.1) is 11.7 Å². The highest BCUT2D eigenvalue weighted by molar-refractivity contribution is 5.97. The molecule has 0 bridgehead atoms. The van der Waals surface area contributed by atoms with Gasteiger partial charge in [0.15, 0.2) is 0 Å². The molecule has 1 atom stereocenters. The van der Waals surface area contributed by atoms with Gasteiger partial charge >= 0.3 is 0 Å². The second-order valence-corrected chi connectivity index (χ2v) is 7.16. The molecule has 150 valence electrons. The van der Waals surface area contributed by atoms with Crippen molar-refractivity contribution in [1.82, 2.24) is 15.0 Å². The highest BCUT2D eigenvalue weighted by atomic mass is 19.1. The molecule has 4 rings (SSSR count). The number of amides is 1. The van der Waals surface area contributed by atoms with Gasteiger partial charge in [-0.15, -0.1) is 0 Å². The highest BCUT2D eigenvalue weighted by Crippen LogP contribution is 2.26. The molecular formula is C22H22FN3O3. The van der Waals surface area contributed by atoms with Crippen molar-refractivity contribution in [3.8, 4) is 17.1 Å². The molecule has 29 heavy (non-hydrogen) atoms. The van der Waals surface area contributed by atoms with Gasteiger partial charge in [0.25, 0.3) is 5.91 Å². The lowest BCUT2D eigenvalue weighted by molar-refractivity contribution is 0.0665. The van der Waals surface area contributed by atoms with Crippen molar-refractivity contribution < 1.29 is 18.4 Å². The maximum atomic E-state index is 13.9. The Labute approximate surface area is 168 Å². The summed E-state index contributed by atoms with van der Waals surface area (Å²) in [6.45, 7) is 1.31. The van der Waals surface area contributed by atoms with Gasteiger partial charge in [0, 0.05) is 19.5 Å². The van der Waals surface area contributed by atoms with Gasteiger partial charge in [0.1, 0.15) is 11.6 Å². The van der Waals surface area contributed by atoms with Crippen LogP contribution in [0.4, 0.5) is 4.39 Å². The topological polar surface area (TPSA) is 68.5 Å². The monoisotopic (exact) mass is 395 g/mol. The van der Waals surface area contributed by atoms with Crippen molar-refractivity contribution in [2.45, 2.75) is 19.3 Å². The molecule has 2 aromatic carbocycles. The van der Waals surface area contributed by atoms with E-state index in [0.717, 1.165) is 12.8 Å². The molecule has 1 aliphatic heterocycles. The van der Waals surface area contributed by atoms with E-state index in [0.29, 0.717) is 42.3 Å². The third-order valence-electron chi connectivity index (χ3n) is 5.19. The number of hydrogen-bond acceptors (Lipinski definition) is 5. The Morgan fingerprint density at radius 1 is 1.24 bits per heavy atom. The third kappa shape index (κ3) is 4.13. The lowest BCUT2D eigenvalue weighted by atomic mass is 9.94. The molecule has 1 aromatic heterocycles. The number of aromatic nitrogens is 2. The molecule has 0 aliphatic carbocycles. The van der Waals surface area contributed by atoms with E-state index in [1.165, 1.54) is 6.07 Å². The van der Waals surface area contributed by atoms with Crippen LogP contribution in [-0.4, -0.2) is 41.1 Å². The molecule has 0 radical (unpaired) electrons. The van der Waals surface area contributed by atoms with Crippen LogP contribution in [0.1, 0.15) is 29.1 Å². The van der Waals surface area contributed by atoms with Crippen molar-refractivity contribution >= 4 is 5.91 Å². The van der Waals surface area contributed by atoms with E-state index in [2.05, 4.69) is 10.1 Å². The number of piperidine rings is 1. The fourth-order valence-electron chi connectivity index (χ4n) is 3.74. The molecule has 0 spiro atoms. The molecule has 1 fully saturated rings. The quantitative estimate of drug-likeness (QED) is 0.654. The first-order valence-electron chi connectivity index (χ1n) is 9.65. The molecule has 1 amide bonds. The maximum absolute atomic E-state index is 13.9. The Morgan fingerprint density at radius 3 is 2.86 bits per heavy atom. The molecule has 0 unspecified atom stereocenters. The zero-order valence-electron chi connectivity index (χ0n) is 16.2. The molecule has 0 N–H and O–H groups in total. The fourth-order valence-corrected chi connectivity index (χ4v) is 3.74. The smallest absolute Gasteiger partial charge is 0.257 e. The molecule has 7 heteroatoms. The van der Waals surface area contributed by atoms with Crippen LogP contribution < -0.4 is 4.74 Å². The van der Waals surface area contributed by atoms with Gasteiger partial charge in [-0.2, -0.15) is 4.98 Å². The summed E-state index contributed by atoms with van der Waals surface area (Å²) in [5, 5.41) is 3.91. The van der Waals surface area contributed by atoms with Crippen molar-refractivity contribution in [3.63, 3.8) is 0 Å². The Bertz CT molecular complexity index is 1000. The number of halogens is 1. The largest absolute Gasteiger partial charge is 0.496 e. The number of benzene rings is 2. The van der Waals surface area contributed by atoms with E-state index in [-0.39, 0.29) is 23.5 Å². The Balaban J connectivity index is 1.44. The van der Waals surface area contributed by atoms with Crippen molar-refractivity contribution in [3.05, 3.63) is 65.8 Å². The first-order valence-corrected chi connectivity index (χ1v) is 9.65. The summed E-state index contributed by atoms with van der Waals surface area (Å²) in [7, 11) is 1.56. The van der Waals surface area contributed by atoms with Gasteiger partial charge in [-0.1, -0.05) is 29.4 Å². The lowest BCUT2D eigenvalue weighted by Crippen LogP contribution is -2.40. The number of hydrogen-bond donors (Lipinski definition) is 0. The molecule has 2 heterocycles. The predicted molar refractivity (Wildman–Crippen MR) is 105 cm³/mol. The summed E-state index contributed by atoms with van der Waals surface area (Å²) in [6, 6.07) is 13.6. The van der Waals surface area contributed by atoms with Crippen LogP contribution in [0.3, 0.4) is 0 Å². The minimum Gasteiger partial charge on any atom is -0.496 e. The third-order valence-corrected chi connectivity index (χ3v) is 5.19. The number of rotatable bonds is 5. The Morgan fingerprint density at radius 2 is 2.03 bits per heavy atom. The Hall–Kier alpha value is -3.22. The SMILES string of the molecule is COc1ccccc1C(=O)N1CCC[C@H](Cc2nc(-c3ccccc3F)no2)C1. The molecular weight excluding hydrogens is 373 g/mol. The van der Waals surface area contributed by atoms with Gasteiger partial charge in [-0.05, 0) is 43.0 Å². The first-order chi connectivity index (χ1) is 14.2. The average molecular weight is 395 g/mol. The zero-order chi connectivity index (χ0) is 20.2. The number of ether oxygens (including phenoxy) is 1. The summed E-state index contributed by atoms with van der Waals surface area (Å²) in [5.41, 5.74) is 0.884. The second kappa shape index (κ2) is 8.43. The minimum atomic E-state index is -0.383. The highest BCUT2D eigenvalue weighted by Gasteiger charge is 2.27. The van der Waals surface area contributed by atoms with E-state index in [4.69, 9.17) is 9.26 Å².